The fourth-order valence-corrected chi connectivity index (χ4v) is 3.61. The van der Waals surface area contributed by atoms with Crippen LogP contribution in [0.1, 0.15) is 20.7 Å². The van der Waals surface area contributed by atoms with E-state index < -0.39 is 0 Å². The Morgan fingerprint density at radius 1 is 1.03 bits per heavy atom. The topological polar surface area (TPSA) is 77.5 Å². The normalized spacial score (nSPS) is 15.8. The number of carbonyl (C=O) groups is 2. The van der Waals surface area contributed by atoms with Crippen molar-refractivity contribution in [3.8, 4) is 11.5 Å². The van der Waals surface area contributed by atoms with Crippen LogP contribution in [0.5, 0.6) is 11.5 Å². The van der Waals surface area contributed by atoms with Crippen LogP contribution < -0.4 is 9.47 Å². The van der Waals surface area contributed by atoms with Gasteiger partial charge in [0.25, 0.3) is 11.8 Å². The molecule has 0 radical (unpaired) electrons. The van der Waals surface area contributed by atoms with Crippen LogP contribution >= 0.6 is 0 Å². The molecule has 8 nitrogen and oxygen atoms in total. The molecule has 1 fully saturated rings. The molecule has 8 heteroatoms. The molecular formula is C24H30N2O6. The van der Waals surface area contributed by atoms with E-state index in [4.69, 9.17) is 18.9 Å². The highest BCUT2D eigenvalue weighted by atomic mass is 16.5. The van der Waals surface area contributed by atoms with E-state index in [1.54, 1.807) is 61.5 Å². The van der Waals surface area contributed by atoms with Crippen molar-refractivity contribution in [1.29, 1.82) is 0 Å². The monoisotopic (exact) mass is 442 g/mol. The van der Waals surface area contributed by atoms with Crippen molar-refractivity contribution in [2.24, 2.45) is 0 Å². The largest absolute Gasteiger partial charge is 0.497 e. The maximum absolute atomic E-state index is 13.2. The number of morpholine rings is 1. The quantitative estimate of drug-likeness (QED) is 0.593. The summed E-state index contributed by atoms with van der Waals surface area (Å²) in [4.78, 5) is 29.6. The van der Waals surface area contributed by atoms with Crippen LogP contribution in [-0.4, -0.2) is 88.4 Å². The van der Waals surface area contributed by atoms with Crippen molar-refractivity contribution in [2.45, 2.75) is 6.10 Å². The zero-order valence-corrected chi connectivity index (χ0v) is 18.8. The van der Waals surface area contributed by atoms with Gasteiger partial charge in [-0.3, -0.25) is 9.59 Å². The van der Waals surface area contributed by atoms with Crippen LogP contribution in [0.15, 0.2) is 48.5 Å². The standard InChI is InChI=1S/C24H30N2O6/c1-29-11-9-25(23(27)18-7-5-4-6-8-18)16-22-17-26(10-12-32-22)24(28)19-13-20(30-2)15-21(14-19)31-3/h4-8,13-15,22H,9-12,16-17H2,1-3H3. The molecule has 0 spiro atoms. The average molecular weight is 443 g/mol. The Morgan fingerprint density at radius 3 is 2.34 bits per heavy atom. The van der Waals surface area contributed by atoms with Gasteiger partial charge < -0.3 is 28.7 Å². The highest BCUT2D eigenvalue weighted by Gasteiger charge is 2.28. The Kier molecular flexibility index (Phi) is 8.47. The van der Waals surface area contributed by atoms with Crippen LogP contribution in [0.25, 0.3) is 0 Å². The van der Waals surface area contributed by atoms with E-state index in [-0.39, 0.29) is 17.9 Å². The summed E-state index contributed by atoms with van der Waals surface area (Å²) in [6, 6.07) is 14.2. The summed E-state index contributed by atoms with van der Waals surface area (Å²) in [5.74, 6) is 0.883. The molecule has 2 amide bonds. The number of nitrogens with zero attached hydrogens (tertiary/aromatic N) is 2. The van der Waals surface area contributed by atoms with E-state index in [9.17, 15) is 9.59 Å². The third-order valence-corrected chi connectivity index (χ3v) is 5.32. The van der Waals surface area contributed by atoms with E-state index in [0.717, 1.165) is 0 Å². The van der Waals surface area contributed by atoms with Crippen molar-refractivity contribution in [3.05, 3.63) is 59.7 Å². The van der Waals surface area contributed by atoms with Crippen molar-refractivity contribution in [2.75, 3.05) is 60.7 Å². The summed E-state index contributed by atoms with van der Waals surface area (Å²) in [6.07, 6.45) is -0.301. The lowest BCUT2D eigenvalue weighted by atomic mass is 10.1. The molecule has 1 saturated heterocycles. The number of hydrogen-bond donors (Lipinski definition) is 0. The number of carbonyl (C=O) groups excluding carboxylic acids is 2. The first-order valence-corrected chi connectivity index (χ1v) is 10.5. The van der Waals surface area contributed by atoms with Gasteiger partial charge >= 0.3 is 0 Å². The zero-order chi connectivity index (χ0) is 22.9. The Morgan fingerprint density at radius 2 is 1.72 bits per heavy atom. The van der Waals surface area contributed by atoms with Crippen LogP contribution in [-0.2, 0) is 9.47 Å². The van der Waals surface area contributed by atoms with Gasteiger partial charge in [0, 0.05) is 50.5 Å². The summed E-state index contributed by atoms with van der Waals surface area (Å²) in [7, 11) is 4.70. The molecule has 32 heavy (non-hydrogen) atoms. The SMILES string of the molecule is COCCN(CC1CN(C(=O)c2cc(OC)cc(OC)c2)CCO1)C(=O)c1ccccc1. The van der Waals surface area contributed by atoms with Gasteiger partial charge in [0.05, 0.1) is 33.5 Å². The van der Waals surface area contributed by atoms with Gasteiger partial charge in [0.15, 0.2) is 0 Å². The van der Waals surface area contributed by atoms with Gasteiger partial charge in [0.2, 0.25) is 0 Å². The number of amides is 2. The van der Waals surface area contributed by atoms with Gasteiger partial charge in [-0.15, -0.1) is 0 Å². The number of methoxy groups -OCH3 is 3. The van der Waals surface area contributed by atoms with E-state index in [0.29, 0.717) is 62.0 Å². The van der Waals surface area contributed by atoms with E-state index in [2.05, 4.69) is 0 Å². The lowest BCUT2D eigenvalue weighted by Gasteiger charge is -2.36. The van der Waals surface area contributed by atoms with Gasteiger partial charge in [-0.1, -0.05) is 18.2 Å². The molecule has 0 N–H and O–H groups in total. The summed E-state index contributed by atoms with van der Waals surface area (Å²) in [5.41, 5.74) is 1.09. The molecule has 0 saturated carbocycles. The molecule has 2 aromatic carbocycles. The van der Waals surface area contributed by atoms with Gasteiger partial charge in [0.1, 0.15) is 11.5 Å². The molecule has 3 rings (SSSR count). The number of rotatable bonds is 9. The lowest BCUT2D eigenvalue weighted by Crippen LogP contribution is -2.51. The Balaban J connectivity index is 1.71. The maximum atomic E-state index is 13.2. The maximum Gasteiger partial charge on any atom is 0.254 e. The minimum Gasteiger partial charge on any atom is -0.497 e. The molecular weight excluding hydrogens is 412 g/mol. The summed E-state index contributed by atoms with van der Waals surface area (Å²) in [5, 5.41) is 0. The number of ether oxygens (including phenoxy) is 4. The number of hydrogen-bond acceptors (Lipinski definition) is 6. The van der Waals surface area contributed by atoms with Gasteiger partial charge in [-0.2, -0.15) is 0 Å². The molecule has 1 unspecified atom stereocenters. The van der Waals surface area contributed by atoms with E-state index in [1.807, 2.05) is 18.2 Å². The second-order valence-electron chi connectivity index (χ2n) is 7.46. The fraction of sp³-hybridized carbons (Fsp3) is 0.417. The molecule has 2 aromatic rings. The average Bonchev–Trinajstić information content (AvgIpc) is 2.85. The minimum absolute atomic E-state index is 0.0905. The molecule has 0 bridgehead atoms. The summed E-state index contributed by atoms with van der Waals surface area (Å²) >= 11 is 0. The van der Waals surface area contributed by atoms with Crippen molar-refractivity contribution < 1.29 is 28.5 Å². The molecule has 1 atom stereocenters. The van der Waals surface area contributed by atoms with Crippen LogP contribution in [0, 0.1) is 0 Å². The van der Waals surface area contributed by atoms with Gasteiger partial charge in [-0.25, -0.2) is 0 Å². The second kappa shape index (κ2) is 11.5. The fourth-order valence-electron chi connectivity index (χ4n) is 3.61. The molecule has 172 valence electrons. The first kappa shape index (κ1) is 23.6. The Bertz CT molecular complexity index is 882. The highest BCUT2D eigenvalue weighted by molar-refractivity contribution is 5.95. The zero-order valence-electron chi connectivity index (χ0n) is 18.8. The lowest BCUT2D eigenvalue weighted by molar-refractivity contribution is -0.0347. The third-order valence-electron chi connectivity index (χ3n) is 5.32. The molecule has 1 heterocycles. The van der Waals surface area contributed by atoms with Crippen molar-refractivity contribution in [1.82, 2.24) is 9.80 Å². The smallest absolute Gasteiger partial charge is 0.254 e. The third kappa shape index (κ3) is 5.99. The summed E-state index contributed by atoms with van der Waals surface area (Å²) < 4.78 is 21.7. The summed E-state index contributed by atoms with van der Waals surface area (Å²) in [6.45, 7) is 2.46. The molecule has 0 aliphatic carbocycles. The van der Waals surface area contributed by atoms with Crippen LogP contribution in [0.4, 0.5) is 0 Å². The Hall–Kier alpha value is -3.10. The number of benzene rings is 2. The second-order valence-corrected chi connectivity index (χ2v) is 7.46. The van der Waals surface area contributed by atoms with E-state index in [1.165, 1.54) is 0 Å². The van der Waals surface area contributed by atoms with Gasteiger partial charge in [-0.05, 0) is 24.3 Å². The van der Waals surface area contributed by atoms with Crippen LogP contribution in [0.3, 0.4) is 0 Å². The minimum atomic E-state index is -0.301. The molecule has 1 aliphatic rings. The first-order chi connectivity index (χ1) is 15.5. The Labute approximate surface area is 188 Å². The predicted octanol–water partition coefficient (Wildman–Crippen LogP) is 2.33. The van der Waals surface area contributed by atoms with E-state index >= 15 is 0 Å². The van der Waals surface area contributed by atoms with Crippen molar-refractivity contribution >= 4 is 11.8 Å². The highest BCUT2D eigenvalue weighted by Crippen LogP contribution is 2.24. The predicted molar refractivity (Wildman–Crippen MR) is 119 cm³/mol. The van der Waals surface area contributed by atoms with Crippen molar-refractivity contribution in [3.63, 3.8) is 0 Å². The molecule has 0 aromatic heterocycles. The molecule has 1 aliphatic heterocycles. The first-order valence-electron chi connectivity index (χ1n) is 10.5. The van der Waals surface area contributed by atoms with Crippen LogP contribution in [0.2, 0.25) is 0 Å².